The van der Waals surface area contributed by atoms with Gasteiger partial charge in [0.05, 0.1) is 5.70 Å². The quantitative estimate of drug-likeness (QED) is 0.679. The average molecular weight is 259 g/mol. The molecule has 0 saturated carbocycles. The fourth-order valence-electron chi connectivity index (χ4n) is 3.41. The molecule has 0 amide bonds. The second-order valence-electron chi connectivity index (χ2n) is 5.79. The Morgan fingerprint density at radius 3 is 2.11 bits per heavy atom. The molecule has 19 heavy (non-hydrogen) atoms. The second kappa shape index (κ2) is 5.32. The molecule has 1 aliphatic heterocycles. The van der Waals surface area contributed by atoms with E-state index in [9.17, 15) is 9.59 Å². The van der Waals surface area contributed by atoms with Crippen LogP contribution in [0.1, 0.15) is 51.4 Å². The van der Waals surface area contributed by atoms with Crippen LogP contribution in [0.3, 0.4) is 0 Å². The van der Waals surface area contributed by atoms with Gasteiger partial charge in [-0.05, 0) is 38.5 Å². The molecule has 0 N–H and O–H groups in total. The minimum atomic E-state index is 0.0912. The van der Waals surface area contributed by atoms with E-state index in [1.807, 2.05) is 0 Å². The maximum absolute atomic E-state index is 12.6. The smallest absolute Gasteiger partial charge is 0.205 e. The Morgan fingerprint density at radius 2 is 1.42 bits per heavy atom. The van der Waals surface area contributed by atoms with E-state index >= 15 is 0 Å². The maximum atomic E-state index is 12.6. The zero-order chi connectivity index (χ0) is 13.2. The summed E-state index contributed by atoms with van der Waals surface area (Å²) in [6.45, 7) is 1.85. The monoisotopic (exact) mass is 259 g/mol. The lowest BCUT2D eigenvalue weighted by atomic mass is 9.82. The van der Waals surface area contributed by atoms with Crippen molar-refractivity contribution < 1.29 is 9.59 Å². The van der Waals surface area contributed by atoms with Crippen LogP contribution in [0.5, 0.6) is 0 Å². The largest absolute Gasteiger partial charge is 0.368 e. The molecule has 2 aliphatic carbocycles. The third-order valence-electron chi connectivity index (χ3n) is 4.49. The van der Waals surface area contributed by atoms with Gasteiger partial charge in [0.1, 0.15) is 0 Å². The van der Waals surface area contributed by atoms with Gasteiger partial charge in [0.15, 0.2) is 5.78 Å². The number of ketones is 2. The van der Waals surface area contributed by atoms with Crippen LogP contribution in [0.15, 0.2) is 22.9 Å². The number of Topliss-reactive ketones (excluding diaryl/α,β-unsaturated/α-hetero) is 1. The van der Waals surface area contributed by atoms with Crippen molar-refractivity contribution in [3.63, 3.8) is 0 Å². The summed E-state index contributed by atoms with van der Waals surface area (Å²) in [5, 5.41) is 0. The van der Waals surface area contributed by atoms with Gasteiger partial charge in [-0.1, -0.05) is 12.8 Å². The van der Waals surface area contributed by atoms with E-state index < -0.39 is 0 Å². The van der Waals surface area contributed by atoms with Gasteiger partial charge in [0.2, 0.25) is 5.78 Å². The van der Waals surface area contributed by atoms with Crippen LogP contribution in [0.4, 0.5) is 0 Å². The highest BCUT2D eigenvalue weighted by Gasteiger charge is 2.32. The summed E-state index contributed by atoms with van der Waals surface area (Å²) in [7, 11) is 0. The van der Waals surface area contributed by atoms with E-state index in [1.54, 1.807) is 6.08 Å². The number of hydrogen-bond donors (Lipinski definition) is 0. The topological polar surface area (TPSA) is 37.4 Å². The number of likely N-dealkylation sites (tertiary alicyclic amines) is 1. The van der Waals surface area contributed by atoms with Gasteiger partial charge >= 0.3 is 0 Å². The number of carbonyl (C=O) groups is 2. The first-order chi connectivity index (χ1) is 9.27. The molecule has 3 aliphatic rings. The Morgan fingerprint density at radius 1 is 0.789 bits per heavy atom. The van der Waals surface area contributed by atoms with Crippen LogP contribution in [0.2, 0.25) is 0 Å². The van der Waals surface area contributed by atoms with E-state index in [-0.39, 0.29) is 11.6 Å². The van der Waals surface area contributed by atoms with Gasteiger partial charge in [-0.3, -0.25) is 9.59 Å². The van der Waals surface area contributed by atoms with Crippen molar-refractivity contribution in [2.24, 2.45) is 0 Å². The molecule has 1 saturated heterocycles. The Balaban J connectivity index is 1.87. The second-order valence-corrected chi connectivity index (χ2v) is 5.79. The molecule has 1 heterocycles. The number of carbonyl (C=O) groups excluding carboxylic acids is 2. The van der Waals surface area contributed by atoms with Crippen molar-refractivity contribution >= 4 is 11.6 Å². The van der Waals surface area contributed by atoms with Crippen molar-refractivity contribution in [1.29, 1.82) is 0 Å². The fourth-order valence-corrected chi connectivity index (χ4v) is 3.41. The summed E-state index contributed by atoms with van der Waals surface area (Å²) >= 11 is 0. The third kappa shape index (κ3) is 2.38. The average Bonchev–Trinajstić information content (AvgIpc) is 2.72. The Bertz CT molecular complexity index is 465. The van der Waals surface area contributed by atoms with E-state index in [4.69, 9.17) is 0 Å². The van der Waals surface area contributed by atoms with Gasteiger partial charge in [-0.15, -0.1) is 0 Å². The highest BCUT2D eigenvalue weighted by Crippen LogP contribution is 2.33. The third-order valence-corrected chi connectivity index (χ3v) is 4.49. The standard InChI is InChI=1S/C16H21NO2/c18-15-11-14(17-9-5-1-2-6-10-17)16(19)13-8-4-3-7-12(13)15/h11H,1-10H2. The summed E-state index contributed by atoms with van der Waals surface area (Å²) in [6.07, 6.45) is 10.0. The van der Waals surface area contributed by atoms with Crippen LogP contribution >= 0.6 is 0 Å². The molecule has 0 atom stereocenters. The summed E-state index contributed by atoms with van der Waals surface area (Å²) in [4.78, 5) is 26.9. The Hall–Kier alpha value is -1.38. The number of rotatable bonds is 1. The molecule has 0 aromatic rings. The summed E-state index contributed by atoms with van der Waals surface area (Å²) in [5.74, 6) is 0.227. The van der Waals surface area contributed by atoms with Crippen LogP contribution in [-0.4, -0.2) is 29.6 Å². The number of nitrogens with zero attached hydrogens (tertiary/aromatic N) is 1. The van der Waals surface area contributed by atoms with Gasteiger partial charge in [-0.25, -0.2) is 0 Å². The van der Waals surface area contributed by atoms with Gasteiger partial charge in [-0.2, -0.15) is 0 Å². The predicted molar refractivity (Wildman–Crippen MR) is 73.6 cm³/mol. The van der Waals surface area contributed by atoms with Gasteiger partial charge < -0.3 is 4.90 Å². The molecule has 0 radical (unpaired) electrons. The van der Waals surface area contributed by atoms with Crippen molar-refractivity contribution in [3.05, 3.63) is 22.9 Å². The lowest BCUT2D eigenvalue weighted by molar-refractivity contribution is -0.117. The Labute approximate surface area is 114 Å². The lowest BCUT2D eigenvalue weighted by Gasteiger charge is -2.30. The van der Waals surface area contributed by atoms with Crippen LogP contribution < -0.4 is 0 Å². The van der Waals surface area contributed by atoms with Crippen molar-refractivity contribution in [1.82, 2.24) is 4.90 Å². The molecular formula is C16H21NO2. The van der Waals surface area contributed by atoms with E-state index in [2.05, 4.69) is 4.90 Å². The summed E-state index contributed by atoms with van der Waals surface area (Å²) < 4.78 is 0. The summed E-state index contributed by atoms with van der Waals surface area (Å²) in [6, 6.07) is 0. The van der Waals surface area contributed by atoms with Crippen LogP contribution in [-0.2, 0) is 9.59 Å². The molecule has 0 bridgehead atoms. The molecule has 102 valence electrons. The normalized spacial score (nSPS) is 25.1. The summed E-state index contributed by atoms with van der Waals surface area (Å²) in [5.41, 5.74) is 2.29. The van der Waals surface area contributed by atoms with Crippen molar-refractivity contribution in [2.75, 3.05) is 13.1 Å². The highest BCUT2D eigenvalue weighted by molar-refractivity contribution is 6.22. The molecule has 3 nitrogen and oxygen atoms in total. The first kappa shape index (κ1) is 12.6. The van der Waals surface area contributed by atoms with Crippen LogP contribution in [0, 0.1) is 0 Å². The zero-order valence-electron chi connectivity index (χ0n) is 11.4. The molecule has 0 unspecified atom stereocenters. The molecule has 0 aromatic heterocycles. The van der Waals surface area contributed by atoms with E-state index in [1.165, 1.54) is 12.8 Å². The van der Waals surface area contributed by atoms with Gasteiger partial charge in [0, 0.05) is 30.3 Å². The molecule has 1 fully saturated rings. The minimum absolute atomic E-state index is 0.0912. The van der Waals surface area contributed by atoms with E-state index in [0.29, 0.717) is 5.70 Å². The maximum Gasteiger partial charge on any atom is 0.205 e. The first-order valence-corrected chi connectivity index (χ1v) is 7.55. The van der Waals surface area contributed by atoms with Crippen molar-refractivity contribution in [2.45, 2.75) is 51.4 Å². The fraction of sp³-hybridized carbons (Fsp3) is 0.625. The van der Waals surface area contributed by atoms with Crippen molar-refractivity contribution in [3.8, 4) is 0 Å². The SMILES string of the molecule is O=C1C=C(N2CCCCCC2)C(=O)C2=C1CCCC2. The number of allylic oxidation sites excluding steroid dienone is 3. The molecular weight excluding hydrogens is 238 g/mol. The number of hydrogen-bond acceptors (Lipinski definition) is 3. The highest BCUT2D eigenvalue weighted by atomic mass is 16.1. The van der Waals surface area contributed by atoms with E-state index in [0.717, 1.165) is 62.8 Å². The first-order valence-electron chi connectivity index (χ1n) is 7.55. The minimum Gasteiger partial charge on any atom is -0.368 e. The van der Waals surface area contributed by atoms with Gasteiger partial charge in [0.25, 0.3) is 0 Å². The molecule has 0 aromatic carbocycles. The van der Waals surface area contributed by atoms with Crippen LogP contribution in [0.25, 0.3) is 0 Å². The molecule has 3 heteroatoms. The predicted octanol–water partition coefficient (Wildman–Crippen LogP) is 2.77. The molecule has 0 spiro atoms. The lowest BCUT2D eigenvalue weighted by Crippen LogP contribution is -2.33. The Kier molecular flexibility index (Phi) is 3.54. The molecule has 3 rings (SSSR count). The zero-order valence-corrected chi connectivity index (χ0v) is 11.4.